The molecule has 1 fully saturated rings. The Hall–Kier alpha value is -1.03. The molecule has 3 rings (SSSR count). The van der Waals surface area contributed by atoms with E-state index >= 15 is 0 Å². The van der Waals surface area contributed by atoms with E-state index in [1.54, 1.807) is 0 Å². The molecule has 0 saturated carbocycles. The van der Waals surface area contributed by atoms with Gasteiger partial charge in [-0.15, -0.1) is 0 Å². The Morgan fingerprint density at radius 2 is 1.86 bits per heavy atom. The second-order valence-electron chi connectivity index (χ2n) is 6.37. The van der Waals surface area contributed by atoms with Gasteiger partial charge in [0, 0.05) is 50.3 Å². The van der Waals surface area contributed by atoms with E-state index in [-0.39, 0.29) is 0 Å². The van der Waals surface area contributed by atoms with Crippen molar-refractivity contribution in [2.24, 2.45) is 0 Å². The Labute approximate surface area is 132 Å². The summed E-state index contributed by atoms with van der Waals surface area (Å²) in [6, 6.07) is 6.67. The Morgan fingerprint density at radius 1 is 1.14 bits per heavy atom. The first-order chi connectivity index (χ1) is 10.1. The highest BCUT2D eigenvalue weighted by Crippen LogP contribution is 2.31. The van der Waals surface area contributed by atoms with E-state index in [9.17, 15) is 0 Å². The number of fused-ring (bicyclic) bond motifs is 1. The first kappa shape index (κ1) is 14.9. The second-order valence-corrected chi connectivity index (χ2v) is 6.78. The first-order valence-electron chi connectivity index (χ1n) is 7.75. The molecule has 0 N–H and O–H groups in total. The largest absolute Gasteiger partial charge is 0.343 e. The van der Waals surface area contributed by atoms with E-state index in [0.717, 1.165) is 37.7 Å². The lowest BCUT2D eigenvalue weighted by Gasteiger charge is -2.32. The predicted molar refractivity (Wildman–Crippen MR) is 90.1 cm³/mol. The normalized spacial score (nSPS) is 18.0. The van der Waals surface area contributed by atoms with Crippen LogP contribution in [-0.2, 0) is 6.54 Å². The standard InChI is InChI=1S/C17H24ClN3/c1-13(2)21-12-14(11-20-9-7-19(3)8-10-20)15-5-4-6-16(18)17(15)21/h4-6,12-13H,7-11H2,1-3H3. The summed E-state index contributed by atoms with van der Waals surface area (Å²) in [4.78, 5) is 4.94. The Bertz CT molecular complexity index is 624. The molecule has 114 valence electrons. The van der Waals surface area contributed by atoms with Crippen molar-refractivity contribution in [2.75, 3.05) is 33.2 Å². The van der Waals surface area contributed by atoms with Gasteiger partial charge in [-0.05, 0) is 32.5 Å². The number of benzene rings is 1. The van der Waals surface area contributed by atoms with E-state index in [1.165, 1.54) is 16.5 Å². The highest BCUT2D eigenvalue weighted by Gasteiger charge is 2.18. The highest BCUT2D eigenvalue weighted by molar-refractivity contribution is 6.35. The van der Waals surface area contributed by atoms with Crippen molar-refractivity contribution in [1.82, 2.24) is 14.4 Å². The van der Waals surface area contributed by atoms with Crippen LogP contribution in [0.3, 0.4) is 0 Å². The van der Waals surface area contributed by atoms with Gasteiger partial charge in [-0.2, -0.15) is 0 Å². The predicted octanol–water partition coefficient (Wildman–Crippen LogP) is 3.62. The Kier molecular flexibility index (Phi) is 4.25. The molecule has 4 heteroatoms. The summed E-state index contributed by atoms with van der Waals surface area (Å²) >= 11 is 6.44. The van der Waals surface area contributed by atoms with Crippen LogP contribution >= 0.6 is 11.6 Å². The average molecular weight is 306 g/mol. The lowest BCUT2D eigenvalue weighted by molar-refractivity contribution is 0.148. The van der Waals surface area contributed by atoms with Crippen molar-refractivity contribution in [1.29, 1.82) is 0 Å². The molecule has 0 aliphatic carbocycles. The van der Waals surface area contributed by atoms with Gasteiger partial charge >= 0.3 is 0 Å². The molecule has 21 heavy (non-hydrogen) atoms. The molecule has 0 unspecified atom stereocenters. The maximum atomic E-state index is 6.44. The van der Waals surface area contributed by atoms with Crippen molar-refractivity contribution in [3.63, 3.8) is 0 Å². The molecule has 1 saturated heterocycles. The minimum absolute atomic E-state index is 0.425. The van der Waals surface area contributed by atoms with Crippen LogP contribution in [0.2, 0.25) is 5.02 Å². The fourth-order valence-corrected chi connectivity index (χ4v) is 3.39. The summed E-state index contributed by atoms with van der Waals surface area (Å²) in [6.45, 7) is 10.0. The summed E-state index contributed by atoms with van der Waals surface area (Å²) in [5.41, 5.74) is 2.57. The number of hydrogen-bond acceptors (Lipinski definition) is 2. The molecule has 2 aromatic rings. The summed E-state index contributed by atoms with van der Waals surface area (Å²) in [5, 5.41) is 2.15. The van der Waals surface area contributed by atoms with Gasteiger partial charge in [0.2, 0.25) is 0 Å². The minimum Gasteiger partial charge on any atom is -0.343 e. The van der Waals surface area contributed by atoms with E-state index in [1.807, 2.05) is 6.07 Å². The Balaban J connectivity index is 1.93. The van der Waals surface area contributed by atoms with Crippen LogP contribution in [0.5, 0.6) is 0 Å². The van der Waals surface area contributed by atoms with Crippen molar-refractivity contribution in [3.8, 4) is 0 Å². The van der Waals surface area contributed by atoms with Crippen LogP contribution in [0.25, 0.3) is 10.9 Å². The van der Waals surface area contributed by atoms with Crippen molar-refractivity contribution in [3.05, 3.63) is 35.0 Å². The molecule has 3 nitrogen and oxygen atoms in total. The molecule has 0 bridgehead atoms. The number of piperazine rings is 1. The molecule has 1 aliphatic heterocycles. The zero-order valence-electron chi connectivity index (χ0n) is 13.1. The molecule has 2 heterocycles. The third-order valence-electron chi connectivity index (χ3n) is 4.43. The van der Waals surface area contributed by atoms with Crippen molar-refractivity contribution < 1.29 is 0 Å². The molecular formula is C17H24ClN3. The van der Waals surface area contributed by atoms with Crippen LogP contribution in [0.1, 0.15) is 25.5 Å². The second kappa shape index (κ2) is 5.99. The van der Waals surface area contributed by atoms with Gasteiger partial charge in [0.1, 0.15) is 0 Å². The number of nitrogens with zero attached hydrogens (tertiary/aromatic N) is 3. The maximum Gasteiger partial charge on any atom is 0.0675 e. The smallest absolute Gasteiger partial charge is 0.0675 e. The van der Waals surface area contributed by atoms with Crippen molar-refractivity contribution in [2.45, 2.75) is 26.4 Å². The average Bonchev–Trinajstić information content (AvgIpc) is 2.82. The molecular weight excluding hydrogens is 282 g/mol. The molecule has 1 aromatic carbocycles. The number of hydrogen-bond donors (Lipinski definition) is 0. The quantitative estimate of drug-likeness (QED) is 0.858. The van der Waals surface area contributed by atoms with Gasteiger partial charge in [0.25, 0.3) is 0 Å². The topological polar surface area (TPSA) is 11.4 Å². The molecule has 1 aliphatic rings. The van der Waals surface area contributed by atoms with Gasteiger partial charge in [0.05, 0.1) is 10.5 Å². The highest BCUT2D eigenvalue weighted by atomic mass is 35.5. The number of aromatic nitrogens is 1. The molecule has 1 aromatic heterocycles. The van der Waals surface area contributed by atoms with Crippen LogP contribution in [0, 0.1) is 0 Å². The zero-order valence-corrected chi connectivity index (χ0v) is 13.9. The van der Waals surface area contributed by atoms with E-state index in [2.05, 4.69) is 53.6 Å². The summed E-state index contributed by atoms with van der Waals surface area (Å²) in [6.07, 6.45) is 2.29. The number of para-hydroxylation sites is 1. The lowest BCUT2D eigenvalue weighted by atomic mass is 10.1. The maximum absolute atomic E-state index is 6.44. The number of likely N-dealkylation sites (N-methyl/N-ethyl adjacent to an activating group) is 1. The molecule has 0 radical (unpaired) electrons. The van der Waals surface area contributed by atoms with Gasteiger partial charge in [0.15, 0.2) is 0 Å². The summed E-state index contributed by atoms with van der Waals surface area (Å²) < 4.78 is 2.31. The molecule has 0 spiro atoms. The third kappa shape index (κ3) is 2.96. The van der Waals surface area contributed by atoms with E-state index in [4.69, 9.17) is 11.6 Å². The number of halogens is 1. The molecule has 0 amide bonds. The van der Waals surface area contributed by atoms with E-state index in [0.29, 0.717) is 6.04 Å². The zero-order chi connectivity index (χ0) is 15.0. The summed E-state index contributed by atoms with van der Waals surface area (Å²) in [7, 11) is 2.20. The van der Waals surface area contributed by atoms with Crippen LogP contribution in [-0.4, -0.2) is 47.6 Å². The van der Waals surface area contributed by atoms with Gasteiger partial charge in [-0.25, -0.2) is 0 Å². The van der Waals surface area contributed by atoms with Gasteiger partial charge in [-0.1, -0.05) is 23.7 Å². The molecule has 0 atom stereocenters. The van der Waals surface area contributed by atoms with Crippen molar-refractivity contribution >= 4 is 22.5 Å². The fourth-order valence-electron chi connectivity index (χ4n) is 3.12. The SMILES string of the molecule is CC(C)n1cc(CN2CCN(C)CC2)c2cccc(Cl)c21. The van der Waals surface area contributed by atoms with Gasteiger partial charge in [-0.3, -0.25) is 4.90 Å². The third-order valence-corrected chi connectivity index (χ3v) is 4.74. The number of rotatable bonds is 3. The lowest BCUT2D eigenvalue weighted by Crippen LogP contribution is -2.43. The first-order valence-corrected chi connectivity index (χ1v) is 8.13. The van der Waals surface area contributed by atoms with Crippen LogP contribution in [0.15, 0.2) is 24.4 Å². The minimum atomic E-state index is 0.425. The van der Waals surface area contributed by atoms with E-state index < -0.39 is 0 Å². The van der Waals surface area contributed by atoms with Crippen LogP contribution in [0.4, 0.5) is 0 Å². The summed E-state index contributed by atoms with van der Waals surface area (Å²) in [5.74, 6) is 0. The van der Waals surface area contributed by atoms with Gasteiger partial charge < -0.3 is 9.47 Å². The van der Waals surface area contributed by atoms with Crippen LogP contribution < -0.4 is 0 Å². The Morgan fingerprint density at radius 3 is 2.52 bits per heavy atom. The monoisotopic (exact) mass is 305 g/mol. The fraction of sp³-hybridized carbons (Fsp3) is 0.529.